The Kier molecular flexibility index (Phi) is 67.7. The zero-order valence-corrected chi connectivity index (χ0v) is 42.6. The van der Waals surface area contributed by atoms with Gasteiger partial charge in [0.25, 0.3) is 0 Å². The topological polar surface area (TPSA) is 149 Å². The molecule has 11 nitrogen and oxygen atoms in total. The van der Waals surface area contributed by atoms with Crippen molar-refractivity contribution in [1.82, 2.24) is 4.90 Å². The molecular weight excluding hydrogens is 869 g/mol. The summed E-state index contributed by atoms with van der Waals surface area (Å²) in [6.07, 6.45) is 30.9. The maximum absolute atomic E-state index is 11.2. The second-order valence-electron chi connectivity index (χ2n) is 12.0. The summed E-state index contributed by atoms with van der Waals surface area (Å²) in [6, 6.07) is 10.5. The lowest BCUT2D eigenvalue weighted by Crippen LogP contribution is -2.26. The van der Waals surface area contributed by atoms with Gasteiger partial charge in [-0.25, -0.2) is 0 Å². The van der Waals surface area contributed by atoms with Gasteiger partial charge in [0.05, 0.1) is 4.58 Å². The molecule has 0 fully saturated rings. The molecule has 0 amide bonds. The molecule has 0 bridgehead atoms. The monoisotopic (exact) mass is 944 g/mol. The molecule has 358 valence electrons. The summed E-state index contributed by atoms with van der Waals surface area (Å²) in [4.78, 5) is 51.2. The molecule has 2 unspecified atom stereocenters. The molecule has 0 aromatic heterocycles. The van der Waals surface area contributed by atoms with Crippen LogP contribution >= 0.6 is 35.3 Å². The third kappa shape index (κ3) is 53.8. The number of carbonyl (C=O) groups is 5. The highest BCUT2D eigenvalue weighted by Crippen LogP contribution is 2.18. The highest BCUT2D eigenvalue weighted by molar-refractivity contribution is 8.16. The summed E-state index contributed by atoms with van der Waals surface area (Å²) in [5.41, 5.74) is 2.89. The van der Waals surface area contributed by atoms with Gasteiger partial charge >= 0.3 is 0 Å². The van der Waals surface area contributed by atoms with Crippen LogP contribution in [-0.4, -0.2) is 120 Å². The molecule has 0 heterocycles. The number of hydrogen-bond donors (Lipinski definition) is 0. The van der Waals surface area contributed by atoms with Gasteiger partial charge in [-0.3, -0.25) is 28.9 Å². The number of nitriles is 1. The molecule has 2 aliphatic carbocycles. The molecule has 14 heteroatoms. The highest BCUT2D eigenvalue weighted by Gasteiger charge is 2.02. The first kappa shape index (κ1) is 71.3. The van der Waals surface area contributed by atoms with E-state index in [0.29, 0.717) is 10.9 Å². The number of aldehydes is 4. The van der Waals surface area contributed by atoms with Crippen molar-refractivity contribution in [3.8, 4) is 17.9 Å². The Balaban J connectivity index is -0.000000150. The Bertz CT molecular complexity index is 1480. The van der Waals surface area contributed by atoms with Gasteiger partial charge < -0.3 is 18.9 Å². The van der Waals surface area contributed by atoms with E-state index in [4.69, 9.17) is 29.0 Å². The van der Waals surface area contributed by atoms with Crippen LogP contribution in [0.15, 0.2) is 116 Å². The van der Waals surface area contributed by atoms with E-state index < -0.39 is 0 Å². The number of benzene rings is 1. The fourth-order valence-corrected chi connectivity index (χ4v) is 5.61. The standard InChI is InChI=1S/C10H10O.C7H10O.C6H13NO.C6H8O.C5H10O2.C5H10OS.C5H10S2.C4H4O.C2HNO/c1-2-6-10(11)9-7-4-3-5-8-9;8-6-7-4-2-1-3-5-7;1-5-6(8-4)7(2)3;7-5-6-3-1-2-4-6;3*1-4-5(6-2)7-3;1-2-3-4-5;3-1-2-4/h2-8H,1H3;4,6H,1-3,5H2;5-6H,1H2,2-4H3;3,5H,1-2,4H2;3*4-5H,1H2,2-3H3;4H,1H3;2H/b6-2+;;;;;;;;. The number of carbonyl (C=O) groups excluding carboxylic acids is 5. The van der Waals surface area contributed by atoms with E-state index in [9.17, 15) is 19.2 Å². The summed E-state index contributed by atoms with van der Waals surface area (Å²) in [7, 11) is 10.3. The van der Waals surface area contributed by atoms with Crippen molar-refractivity contribution in [1.29, 1.82) is 5.26 Å². The molecular formula is C50H76N2O9S3. The molecule has 64 heavy (non-hydrogen) atoms. The van der Waals surface area contributed by atoms with Crippen molar-refractivity contribution in [2.75, 3.05) is 61.3 Å². The first-order chi connectivity index (χ1) is 30.8. The van der Waals surface area contributed by atoms with Crippen molar-refractivity contribution < 1.29 is 42.9 Å². The number of methoxy groups -OCH3 is 4. The lowest BCUT2D eigenvalue weighted by molar-refractivity contribution is -0.105. The number of ether oxygens (including phenoxy) is 4. The lowest BCUT2D eigenvalue weighted by atomic mass is 10.0. The minimum atomic E-state index is -0.250. The Morgan fingerprint density at radius 3 is 1.42 bits per heavy atom. The normalized spacial score (nSPS) is 12.2. The van der Waals surface area contributed by atoms with Crippen LogP contribution in [-0.2, 0) is 38.1 Å². The van der Waals surface area contributed by atoms with E-state index in [0.717, 1.165) is 55.0 Å². The SMILES string of the molecule is C/C=C/C(=O)c1ccccc1.C=CC(OC)N(C)C.C=CC(OC)OC.C=CC(OC)SC.C=CC(SC)SC.CC#CC=O.N#CC=O.O=CC1=CCCC1.O=CC1=CCCCC1. The Morgan fingerprint density at radius 2 is 1.25 bits per heavy atom. The minimum Gasteiger partial charge on any atom is -0.367 e. The number of ketones is 1. The molecule has 0 radical (unpaired) electrons. The predicted molar refractivity (Wildman–Crippen MR) is 276 cm³/mol. The average Bonchev–Trinajstić information content (AvgIpc) is 3.88. The van der Waals surface area contributed by atoms with Crippen LogP contribution in [0.2, 0.25) is 0 Å². The van der Waals surface area contributed by atoms with Crippen LogP contribution < -0.4 is 0 Å². The molecule has 0 spiro atoms. The van der Waals surface area contributed by atoms with Gasteiger partial charge in [0.1, 0.15) is 30.3 Å². The molecule has 3 rings (SSSR count). The smallest absolute Gasteiger partial charge is 0.219 e. The third-order valence-corrected chi connectivity index (χ3v) is 10.6. The lowest BCUT2D eigenvalue weighted by Gasteiger charge is -2.17. The van der Waals surface area contributed by atoms with Gasteiger partial charge in [-0.05, 0) is 127 Å². The molecule has 2 atom stereocenters. The highest BCUT2D eigenvalue weighted by atomic mass is 32.2. The maximum atomic E-state index is 11.2. The quantitative estimate of drug-likeness (QED) is 0.0294. The second kappa shape index (κ2) is 60.7. The van der Waals surface area contributed by atoms with Crippen LogP contribution in [0.5, 0.6) is 0 Å². The third-order valence-electron chi connectivity index (χ3n) is 7.26. The fraction of sp³-hybridized carbons (Fsp3) is 0.440. The first-order valence-electron chi connectivity index (χ1n) is 19.9. The van der Waals surface area contributed by atoms with Crippen molar-refractivity contribution in [3.63, 3.8) is 0 Å². The van der Waals surface area contributed by atoms with Gasteiger partial charge in [0.2, 0.25) is 6.29 Å². The molecule has 0 saturated carbocycles. The number of thioether (sulfide) groups is 3. The Labute approximate surface area is 399 Å². The average molecular weight is 945 g/mol. The van der Waals surface area contributed by atoms with Crippen LogP contribution in [0.3, 0.4) is 0 Å². The van der Waals surface area contributed by atoms with Gasteiger partial charge in [-0.15, -0.1) is 41.9 Å². The van der Waals surface area contributed by atoms with Crippen LogP contribution in [0.25, 0.3) is 0 Å². The second-order valence-corrected chi connectivity index (χ2v) is 15.2. The summed E-state index contributed by atoms with van der Waals surface area (Å²) in [5, 5.41) is 7.26. The largest absolute Gasteiger partial charge is 0.367 e. The van der Waals surface area contributed by atoms with Crippen molar-refractivity contribution in [3.05, 3.63) is 122 Å². The molecule has 0 N–H and O–H groups in total. The number of rotatable bonds is 16. The predicted octanol–water partition coefficient (Wildman–Crippen LogP) is 10.6. The zero-order valence-electron chi connectivity index (χ0n) is 40.2. The van der Waals surface area contributed by atoms with Gasteiger partial charge in [-0.2, -0.15) is 5.26 Å². The van der Waals surface area contributed by atoms with Gasteiger partial charge in [0, 0.05) is 34.0 Å². The summed E-state index contributed by atoms with van der Waals surface area (Å²) in [5.74, 6) is 4.64. The summed E-state index contributed by atoms with van der Waals surface area (Å²) >= 11 is 5.26. The van der Waals surface area contributed by atoms with E-state index in [2.05, 4.69) is 50.7 Å². The minimum absolute atomic E-state index is 0.0509. The Hall–Kier alpha value is -4.35. The number of allylic oxidation sites excluding steroid dienone is 6. The number of likely N-dealkylation sites (N-methyl/N-ethyl adjacent to an activating group) is 1. The molecule has 1 aromatic carbocycles. The van der Waals surface area contributed by atoms with E-state index >= 15 is 0 Å². The number of nitrogens with zero attached hydrogens (tertiary/aromatic N) is 2. The summed E-state index contributed by atoms with van der Waals surface area (Å²) < 4.78 is 19.9. The van der Waals surface area contributed by atoms with E-state index in [1.807, 2.05) is 104 Å². The van der Waals surface area contributed by atoms with E-state index in [-0.39, 0.29) is 30.0 Å². The van der Waals surface area contributed by atoms with Crippen LogP contribution in [0.1, 0.15) is 69.2 Å². The van der Waals surface area contributed by atoms with Crippen LogP contribution in [0.4, 0.5) is 0 Å². The van der Waals surface area contributed by atoms with Crippen molar-refractivity contribution >= 4 is 66.2 Å². The summed E-state index contributed by atoms with van der Waals surface area (Å²) in [6.45, 7) is 17.7. The van der Waals surface area contributed by atoms with Gasteiger partial charge in [0.15, 0.2) is 18.4 Å². The maximum Gasteiger partial charge on any atom is 0.219 e. The van der Waals surface area contributed by atoms with Crippen molar-refractivity contribution in [2.45, 2.75) is 81.3 Å². The van der Waals surface area contributed by atoms with E-state index in [1.54, 1.807) is 77.5 Å². The number of hydrogen-bond acceptors (Lipinski definition) is 14. The molecule has 1 aromatic rings. The van der Waals surface area contributed by atoms with Crippen LogP contribution in [0, 0.1) is 23.2 Å². The Morgan fingerprint density at radius 1 is 0.734 bits per heavy atom. The molecule has 0 aliphatic heterocycles. The molecule has 0 saturated heterocycles. The fourth-order valence-electron chi connectivity index (χ4n) is 4.07. The molecule has 2 aliphatic rings. The van der Waals surface area contributed by atoms with E-state index in [1.165, 1.54) is 25.3 Å². The van der Waals surface area contributed by atoms with Crippen molar-refractivity contribution in [2.24, 2.45) is 0 Å². The first-order valence-corrected chi connectivity index (χ1v) is 23.7. The van der Waals surface area contributed by atoms with Gasteiger partial charge in [-0.1, -0.05) is 86.4 Å². The zero-order chi connectivity index (χ0) is 50.2.